The van der Waals surface area contributed by atoms with Crippen LogP contribution in [0.25, 0.3) is 0 Å². The lowest BCUT2D eigenvalue weighted by atomic mass is 9.66. The van der Waals surface area contributed by atoms with E-state index in [1.165, 1.54) is 25.7 Å². The van der Waals surface area contributed by atoms with E-state index in [0.29, 0.717) is 10.8 Å². The van der Waals surface area contributed by atoms with Crippen LogP contribution in [0.5, 0.6) is 0 Å². The van der Waals surface area contributed by atoms with E-state index >= 15 is 0 Å². The first-order chi connectivity index (χ1) is 8.23. The van der Waals surface area contributed by atoms with Crippen LogP contribution in [0.4, 0.5) is 0 Å². The normalized spacial score (nSPS) is 38.3. The van der Waals surface area contributed by atoms with Gasteiger partial charge in [0.1, 0.15) is 0 Å². The van der Waals surface area contributed by atoms with Crippen LogP contribution >= 0.6 is 22.6 Å². The predicted octanol–water partition coefficient (Wildman–Crippen LogP) is 5.07. The Kier molecular flexibility index (Phi) is 4.11. The van der Waals surface area contributed by atoms with E-state index < -0.39 is 0 Å². The van der Waals surface area contributed by atoms with Crippen molar-refractivity contribution in [1.29, 1.82) is 0 Å². The molecule has 0 heterocycles. The van der Waals surface area contributed by atoms with Gasteiger partial charge >= 0.3 is 0 Å². The van der Waals surface area contributed by atoms with Gasteiger partial charge in [-0.3, -0.25) is 0 Å². The number of ether oxygens (including phenoxy) is 1. The summed E-state index contributed by atoms with van der Waals surface area (Å²) in [4.78, 5) is 0. The van der Waals surface area contributed by atoms with E-state index in [9.17, 15) is 0 Å². The van der Waals surface area contributed by atoms with E-state index in [1.54, 1.807) is 0 Å². The average Bonchev–Trinajstić information content (AvgIpc) is 2.78. The predicted molar refractivity (Wildman–Crippen MR) is 86.3 cm³/mol. The van der Waals surface area contributed by atoms with Gasteiger partial charge in [-0.05, 0) is 48.3 Å². The topological polar surface area (TPSA) is 9.23 Å². The first-order valence-corrected chi connectivity index (χ1v) is 8.95. The largest absolute Gasteiger partial charge is 0.373 e. The SMILES string of the molecule is CC(C)(C)CCOC1(CI)C2CCC(C2)C1(C)C. The standard InChI is InChI=1S/C16H29IO/c1-14(2,3)8-9-18-16(11-17)13-7-6-12(10-13)15(16,4)5/h12-13H,6-11H2,1-5H3. The van der Waals surface area contributed by atoms with Crippen molar-refractivity contribution in [3.63, 3.8) is 0 Å². The third-order valence-electron chi connectivity index (χ3n) is 5.61. The van der Waals surface area contributed by atoms with Gasteiger partial charge in [-0.2, -0.15) is 0 Å². The van der Waals surface area contributed by atoms with E-state index in [-0.39, 0.29) is 5.60 Å². The summed E-state index contributed by atoms with van der Waals surface area (Å²) in [5.74, 6) is 1.71. The molecule has 0 saturated heterocycles. The first kappa shape index (κ1) is 15.1. The monoisotopic (exact) mass is 364 g/mol. The second kappa shape index (κ2) is 4.91. The molecule has 2 bridgehead atoms. The summed E-state index contributed by atoms with van der Waals surface area (Å²) < 4.78 is 7.71. The molecule has 0 N–H and O–H groups in total. The van der Waals surface area contributed by atoms with E-state index in [1.807, 2.05) is 0 Å². The zero-order valence-corrected chi connectivity index (χ0v) is 14.8. The van der Waals surface area contributed by atoms with Crippen LogP contribution in [0.3, 0.4) is 0 Å². The van der Waals surface area contributed by atoms with E-state index in [0.717, 1.165) is 22.9 Å². The molecule has 18 heavy (non-hydrogen) atoms. The van der Waals surface area contributed by atoms with Gasteiger partial charge in [0.05, 0.1) is 5.60 Å². The lowest BCUT2D eigenvalue weighted by Gasteiger charge is -2.49. The van der Waals surface area contributed by atoms with Crippen molar-refractivity contribution < 1.29 is 4.74 Å². The van der Waals surface area contributed by atoms with Crippen LogP contribution in [0.1, 0.15) is 60.3 Å². The maximum atomic E-state index is 6.56. The number of rotatable bonds is 4. The van der Waals surface area contributed by atoms with Gasteiger partial charge in [-0.1, -0.05) is 57.2 Å². The molecule has 1 nitrogen and oxygen atoms in total. The minimum atomic E-state index is 0.154. The fraction of sp³-hybridized carbons (Fsp3) is 1.00. The molecular weight excluding hydrogens is 335 g/mol. The molecule has 0 aromatic rings. The lowest BCUT2D eigenvalue weighted by molar-refractivity contribution is -0.140. The molecule has 0 radical (unpaired) electrons. The minimum Gasteiger partial charge on any atom is -0.373 e. The van der Waals surface area contributed by atoms with Gasteiger partial charge in [0, 0.05) is 11.0 Å². The highest BCUT2D eigenvalue weighted by molar-refractivity contribution is 14.1. The van der Waals surface area contributed by atoms with Crippen LogP contribution in [-0.4, -0.2) is 16.6 Å². The van der Waals surface area contributed by atoms with E-state index in [2.05, 4.69) is 57.2 Å². The first-order valence-electron chi connectivity index (χ1n) is 7.43. The highest BCUT2D eigenvalue weighted by atomic mass is 127. The summed E-state index contributed by atoms with van der Waals surface area (Å²) >= 11 is 2.56. The van der Waals surface area contributed by atoms with Gasteiger partial charge in [0.2, 0.25) is 0 Å². The average molecular weight is 364 g/mol. The Labute approximate surface area is 127 Å². The summed E-state index contributed by atoms with van der Waals surface area (Å²) in [6.07, 6.45) is 5.40. The minimum absolute atomic E-state index is 0.154. The van der Waals surface area contributed by atoms with Crippen molar-refractivity contribution in [3.8, 4) is 0 Å². The Bertz CT molecular complexity index is 305. The molecular formula is C16H29IO. The van der Waals surface area contributed by atoms with Gasteiger partial charge in [0.25, 0.3) is 0 Å². The number of alkyl halides is 1. The third kappa shape index (κ3) is 2.36. The summed E-state index contributed by atoms with van der Waals surface area (Å²) in [5.41, 5.74) is 0.908. The number of fused-ring (bicyclic) bond motifs is 2. The third-order valence-corrected chi connectivity index (χ3v) is 6.75. The molecule has 2 aliphatic rings. The molecule has 0 aromatic heterocycles. The molecule has 0 spiro atoms. The Hall–Kier alpha value is 0.690. The molecule has 3 unspecified atom stereocenters. The van der Waals surface area contributed by atoms with Gasteiger partial charge in [-0.25, -0.2) is 0 Å². The van der Waals surface area contributed by atoms with Crippen LogP contribution < -0.4 is 0 Å². The second-order valence-corrected chi connectivity index (χ2v) is 8.87. The summed E-state index contributed by atoms with van der Waals surface area (Å²) in [6.45, 7) is 12.7. The fourth-order valence-corrected chi connectivity index (χ4v) is 5.92. The fourth-order valence-electron chi connectivity index (χ4n) is 4.10. The van der Waals surface area contributed by atoms with Crippen LogP contribution in [0, 0.1) is 22.7 Å². The lowest BCUT2D eigenvalue weighted by Crippen LogP contribution is -2.53. The molecule has 2 saturated carbocycles. The molecule has 3 atom stereocenters. The molecule has 2 aliphatic carbocycles. The molecule has 2 heteroatoms. The maximum Gasteiger partial charge on any atom is 0.0852 e. The van der Waals surface area contributed by atoms with Crippen molar-refractivity contribution in [1.82, 2.24) is 0 Å². The molecule has 2 rings (SSSR count). The molecule has 2 fully saturated rings. The smallest absolute Gasteiger partial charge is 0.0852 e. The Morgan fingerprint density at radius 2 is 1.78 bits per heavy atom. The van der Waals surface area contributed by atoms with Crippen molar-refractivity contribution in [2.45, 2.75) is 65.9 Å². The second-order valence-electron chi connectivity index (χ2n) is 8.11. The molecule has 0 aromatic carbocycles. The van der Waals surface area contributed by atoms with Crippen molar-refractivity contribution >= 4 is 22.6 Å². The Morgan fingerprint density at radius 3 is 2.22 bits per heavy atom. The van der Waals surface area contributed by atoms with Gasteiger partial charge < -0.3 is 4.74 Å². The van der Waals surface area contributed by atoms with Gasteiger partial charge in [-0.15, -0.1) is 0 Å². The Morgan fingerprint density at radius 1 is 1.17 bits per heavy atom. The zero-order chi connectivity index (χ0) is 13.6. The number of hydrogen-bond donors (Lipinski definition) is 0. The van der Waals surface area contributed by atoms with E-state index in [4.69, 9.17) is 4.74 Å². The maximum absolute atomic E-state index is 6.56. The molecule has 0 amide bonds. The Balaban J connectivity index is 2.07. The zero-order valence-electron chi connectivity index (χ0n) is 12.7. The summed E-state index contributed by atoms with van der Waals surface area (Å²) in [6, 6.07) is 0. The number of halogens is 1. The highest BCUT2D eigenvalue weighted by Crippen LogP contribution is 2.63. The summed E-state index contributed by atoms with van der Waals surface area (Å²) in [5, 5.41) is 0. The van der Waals surface area contributed by atoms with Crippen LogP contribution in [-0.2, 0) is 4.74 Å². The number of hydrogen-bond acceptors (Lipinski definition) is 1. The van der Waals surface area contributed by atoms with Gasteiger partial charge in [0.15, 0.2) is 0 Å². The van der Waals surface area contributed by atoms with Crippen molar-refractivity contribution in [2.75, 3.05) is 11.0 Å². The highest BCUT2D eigenvalue weighted by Gasteiger charge is 2.63. The van der Waals surface area contributed by atoms with Crippen molar-refractivity contribution in [2.24, 2.45) is 22.7 Å². The quantitative estimate of drug-likeness (QED) is 0.500. The summed E-state index contributed by atoms with van der Waals surface area (Å²) in [7, 11) is 0. The molecule has 0 aliphatic heterocycles. The molecule has 106 valence electrons. The van der Waals surface area contributed by atoms with Crippen LogP contribution in [0.2, 0.25) is 0 Å². The van der Waals surface area contributed by atoms with Crippen LogP contribution in [0.15, 0.2) is 0 Å². The van der Waals surface area contributed by atoms with Crippen molar-refractivity contribution in [3.05, 3.63) is 0 Å².